The second kappa shape index (κ2) is 8.11. The van der Waals surface area contributed by atoms with E-state index >= 15 is 0 Å². The van der Waals surface area contributed by atoms with Crippen molar-refractivity contribution in [2.75, 3.05) is 14.2 Å². The van der Waals surface area contributed by atoms with Gasteiger partial charge < -0.3 is 19.9 Å². The molecule has 4 heteroatoms. The summed E-state index contributed by atoms with van der Waals surface area (Å²) in [5, 5.41) is 14.7. The van der Waals surface area contributed by atoms with Gasteiger partial charge in [0.2, 0.25) is 0 Å². The molecule has 0 radical (unpaired) electrons. The van der Waals surface area contributed by atoms with Crippen LogP contribution in [-0.4, -0.2) is 25.4 Å². The highest BCUT2D eigenvalue weighted by Gasteiger charge is 2.39. The predicted octanol–water partition coefficient (Wildman–Crippen LogP) is 4.11. The van der Waals surface area contributed by atoms with Crippen LogP contribution in [0.15, 0.2) is 48.5 Å². The first kappa shape index (κ1) is 18.7. The van der Waals surface area contributed by atoms with Crippen LogP contribution in [0, 0.1) is 11.8 Å². The predicted molar refractivity (Wildman–Crippen MR) is 104 cm³/mol. The molecule has 0 saturated carbocycles. The minimum absolute atomic E-state index is 0.0942. The molecule has 2 N–H and O–H groups in total. The van der Waals surface area contributed by atoms with Crippen LogP contribution >= 0.6 is 0 Å². The first-order chi connectivity index (χ1) is 12.5. The van der Waals surface area contributed by atoms with Crippen molar-refractivity contribution < 1.29 is 14.6 Å². The Morgan fingerprint density at radius 2 is 1.38 bits per heavy atom. The molecule has 3 rings (SSSR count). The molecule has 2 aromatic carbocycles. The molecule has 1 heterocycles. The molecule has 140 valence electrons. The molecule has 0 spiro atoms. The van der Waals surface area contributed by atoms with E-state index in [2.05, 4.69) is 43.4 Å². The van der Waals surface area contributed by atoms with E-state index in [1.54, 1.807) is 14.2 Å². The molecule has 0 aliphatic carbocycles. The van der Waals surface area contributed by atoms with Gasteiger partial charge in [0, 0.05) is 18.0 Å². The standard InChI is InChI=1S/C22H29NO3/c1-14(2)21-20(24)13-19(15-5-9-17(25-3)10-6-15)23-22(21)16-7-11-18(26-4)12-8-16/h5-12,14,19-24H,13H2,1-4H3. The lowest BCUT2D eigenvalue weighted by Gasteiger charge is -2.43. The van der Waals surface area contributed by atoms with E-state index in [1.165, 1.54) is 11.1 Å². The number of nitrogens with one attached hydrogen (secondary N) is 1. The second-order valence-corrected chi connectivity index (χ2v) is 7.37. The summed E-state index contributed by atoms with van der Waals surface area (Å²) in [5.74, 6) is 2.23. The zero-order chi connectivity index (χ0) is 18.7. The Labute approximate surface area is 156 Å². The van der Waals surface area contributed by atoms with Crippen molar-refractivity contribution in [3.63, 3.8) is 0 Å². The number of hydrogen-bond donors (Lipinski definition) is 2. The van der Waals surface area contributed by atoms with Crippen LogP contribution in [0.1, 0.15) is 43.5 Å². The van der Waals surface area contributed by atoms with E-state index in [0.717, 1.165) is 11.5 Å². The Hall–Kier alpha value is -2.04. The topological polar surface area (TPSA) is 50.7 Å². The summed E-state index contributed by atoms with van der Waals surface area (Å²) >= 11 is 0. The molecule has 4 unspecified atom stereocenters. The van der Waals surface area contributed by atoms with Crippen LogP contribution in [0.25, 0.3) is 0 Å². The summed E-state index contributed by atoms with van der Waals surface area (Å²) < 4.78 is 10.5. The van der Waals surface area contributed by atoms with E-state index in [0.29, 0.717) is 12.3 Å². The summed E-state index contributed by atoms with van der Waals surface area (Å²) in [6.45, 7) is 4.36. The fourth-order valence-corrected chi connectivity index (χ4v) is 4.04. The van der Waals surface area contributed by atoms with Crippen molar-refractivity contribution in [2.45, 2.75) is 38.5 Å². The lowest BCUT2D eigenvalue weighted by Crippen LogP contribution is -2.46. The Balaban J connectivity index is 1.89. The van der Waals surface area contributed by atoms with Crippen molar-refractivity contribution in [1.29, 1.82) is 0 Å². The SMILES string of the molecule is COc1ccc(C2CC(O)C(C(C)C)C(c3ccc(OC)cc3)N2)cc1. The van der Waals surface area contributed by atoms with Gasteiger partial charge in [0.1, 0.15) is 11.5 Å². The van der Waals surface area contributed by atoms with E-state index in [-0.39, 0.29) is 24.1 Å². The number of aliphatic hydroxyl groups is 1. The number of piperidine rings is 1. The van der Waals surface area contributed by atoms with Crippen LogP contribution in [0.4, 0.5) is 0 Å². The molecule has 0 bridgehead atoms. The lowest BCUT2D eigenvalue weighted by molar-refractivity contribution is 0.00765. The molecular weight excluding hydrogens is 326 g/mol. The molecule has 26 heavy (non-hydrogen) atoms. The van der Waals surface area contributed by atoms with Gasteiger partial charge in [-0.3, -0.25) is 0 Å². The number of ether oxygens (including phenoxy) is 2. The molecule has 4 atom stereocenters. The number of aliphatic hydroxyl groups excluding tert-OH is 1. The maximum atomic E-state index is 10.9. The van der Waals surface area contributed by atoms with Gasteiger partial charge in [-0.15, -0.1) is 0 Å². The Bertz CT molecular complexity index is 696. The summed E-state index contributed by atoms with van der Waals surface area (Å²) in [7, 11) is 3.35. The molecule has 1 saturated heterocycles. The number of rotatable bonds is 5. The second-order valence-electron chi connectivity index (χ2n) is 7.37. The van der Waals surface area contributed by atoms with Gasteiger partial charge >= 0.3 is 0 Å². The smallest absolute Gasteiger partial charge is 0.118 e. The highest BCUT2D eigenvalue weighted by atomic mass is 16.5. The van der Waals surface area contributed by atoms with E-state index in [1.807, 2.05) is 24.3 Å². The van der Waals surface area contributed by atoms with Gasteiger partial charge in [0.15, 0.2) is 0 Å². The Morgan fingerprint density at radius 3 is 1.85 bits per heavy atom. The monoisotopic (exact) mass is 355 g/mol. The molecule has 2 aromatic rings. The third-order valence-electron chi connectivity index (χ3n) is 5.45. The quantitative estimate of drug-likeness (QED) is 0.847. The van der Waals surface area contributed by atoms with Crippen LogP contribution in [0.3, 0.4) is 0 Å². The first-order valence-corrected chi connectivity index (χ1v) is 9.25. The van der Waals surface area contributed by atoms with Crippen LogP contribution in [0.5, 0.6) is 11.5 Å². The van der Waals surface area contributed by atoms with E-state index in [9.17, 15) is 5.11 Å². The minimum Gasteiger partial charge on any atom is -0.497 e. The van der Waals surface area contributed by atoms with Crippen molar-refractivity contribution >= 4 is 0 Å². The highest BCUT2D eigenvalue weighted by Crippen LogP contribution is 2.41. The zero-order valence-corrected chi connectivity index (χ0v) is 16.0. The third kappa shape index (κ3) is 3.87. The highest BCUT2D eigenvalue weighted by molar-refractivity contribution is 5.33. The normalized spacial score (nSPS) is 25.9. The summed E-state index contributed by atoms with van der Waals surface area (Å²) in [6.07, 6.45) is 0.359. The molecule has 0 aromatic heterocycles. The van der Waals surface area contributed by atoms with Gasteiger partial charge in [0.05, 0.1) is 20.3 Å². The Kier molecular flexibility index (Phi) is 5.84. The van der Waals surface area contributed by atoms with Crippen molar-refractivity contribution in [1.82, 2.24) is 5.32 Å². The number of methoxy groups -OCH3 is 2. The molecule has 1 aliphatic heterocycles. The first-order valence-electron chi connectivity index (χ1n) is 9.25. The fourth-order valence-electron chi connectivity index (χ4n) is 4.04. The lowest BCUT2D eigenvalue weighted by atomic mass is 9.74. The minimum atomic E-state index is -0.351. The van der Waals surface area contributed by atoms with Crippen LogP contribution in [0.2, 0.25) is 0 Å². The average Bonchev–Trinajstić information content (AvgIpc) is 2.67. The zero-order valence-electron chi connectivity index (χ0n) is 16.0. The Morgan fingerprint density at radius 1 is 0.885 bits per heavy atom. The fraction of sp³-hybridized carbons (Fsp3) is 0.455. The van der Waals surface area contributed by atoms with E-state index < -0.39 is 0 Å². The van der Waals surface area contributed by atoms with Gasteiger partial charge in [-0.25, -0.2) is 0 Å². The van der Waals surface area contributed by atoms with Crippen LogP contribution < -0.4 is 14.8 Å². The van der Waals surface area contributed by atoms with Gasteiger partial charge in [-0.05, 0) is 47.7 Å². The van der Waals surface area contributed by atoms with Gasteiger partial charge in [-0.2, -0.15) is 0 Å². The molecular formula is C22H29NO3. The van der Waals surface area contributed by atoms with Crippen molar-refractivity contribution in [2.24, 2.45) is 11.8 Å². The van der Waals surface area contributed by atoms with Crippen molar-refractivity contribution in [3.8, 4) is 11.5 Å². The van der Waals surface area contributed by atoms with Crippen LogP contribution in [-0.2, 0) is 0 Å². The molecule has 1 fully saturated rings. The number of benzene rings is 2. The molecule has 4 nitrogen and oxygen atoms in total. The van der Waals surface area contributed by atoms with Gasteiger partial charge in [-0.1, -0.05) is 38.1 Å². The maximum absolute atomic E-state index is 10.9. The molecule has 1 aliphatic rings. The summed E-state index contributed by atoms with van der Waals surface area (Å²) in [6, 6.07) is 16.4. The third-order valence-corrected chi connectivity index (χ3v) is 5.45. The average molecular weight is 355 g/mol. The van der Waals surface area contributed by atoms with Crippen molar-refractivity contribution in [3.05, 3.63) is 59.7 Å². The van der Waals surface area contributed by atoms with Gasteiger partial charge in [0.25, 0.3) is 0 Å². The summed E-state index contributed by atoms with van der Waals surface area (Å²) in [4.78, 5) is 0. The van der Waals surface area contributed by atoms with E-state index in [4.69, 9.17) is 9.47 Å². The molecule has 0 amide bonds. The summed E-state index contributed by atoms with van der Waals surface area (Å²) in [5.41, 5.74) is 2.35. The largest absolute Gasteiger partial charge is 0.497 e. The maximum Gasteiger partial charge on any atom is 0.118 e. The number of hydrogen-bond acceptors (Lipinski definition) is 4.